The topological polar surface area (TPSA) is 53.7 Å². The van der Waals surface area contributed by atoms with E-state index in [1.54, 1.807) is 7.11 Å². The number of methoxy groups -OCH3 is 1. The summed E-state index contributed by atoms with van der Waals surface area (Å²) in [5, 5.41) is 0. The number of benzene rings is 2. The van der Waals surface area contributed by atoms with Crippen molar-refractivity contribution >= 4 is 0 Å². The molecule has 0 bridgehead atoms. The van der Waals surface area contributed by atoms with Gasteiger partial charge in [-0.3, -0.25) is 0 Å². The molecule has 0 spiro atoms. The van der Waals surface area contributed by atoms with Gasteiger partial charge in [0.15, 0.2) is 0 Å². The Kier molecular flexibility index (Phi) is 5.41. The minimum atomic E-state index is -0.0877. The second-order valence-electron chi connectivity index (χ2n) is 4.29. The molecule has 1 unspecified atom stereocenters. The van der Waals surface area contributed by atoms with Crippen molar-refractivity contribution in [3.05, 3.63) is 54.6 Å². The average molecular weight is 273 g/mol. The molecule has 2 aromatic carbocycles. The van der Waals surface area contributed by atoms with Gasteiger partial charge in [-0.15, -0.1) is 0 Å². The van der Waals surface area contributed by atoms with Gasteiger partial charge in [0.1, 0.15) is 30.0 Å². The van der Waals surface area contributed by atoms with Gasteiger partial charge in [0.05, 0.1) is 0 Å². The van der Waals surface area contributed by atoms with Gasteiger partial charge < -0.3 is 19.9 Å². The van der Waals surface area contributed by atoms with Gasteiger partial charge in [-0.1, -0.05) is 18.2 Å². The van der Waals surface area contributed by atoms with Crippen molar-refractivity contribution in [1.82, 2.24) is 0 Å². The van der Waals surface area contributed by atoms with E-state index in [2.05, 4.69) is 0 Å². The summed E-state index contributed by atoms with van der Waals surface area (Å²) < 4.78 is 16.4. The van der Waals surface area contributed by atoms with Gasteiger partial charge in [-0.2, -0.15) is 0 Å². The molecule has 0 radical (unpaired) electrons. The fourth-order valence-electron chi connectivity index (χ4n) is 1.65. The first kappa shape index (κ1) is 14.4. The van der Waals surface area contributed by atoms with E-state index in [9.17, 15) is 0 Å². The van der Waals surface area contributed by atoms with Crippen LogP contribution in [0.4, 0.5) is 0 Å². The molecular weight excluding hydrogens is 254 g/mol. The summed E-state index contributed by atoms with van der Waals surface area (Å²) in [4.78, 5) is 0. The molecular formula is C16H19NO3. The van der Waals surface area contributed by atoms with E-state index in [1.807, 2.05) is 54.6 Å². The highest BCUT2D eigenvalue weighted by Crippen LogP contribution is 2.23. The van der Waals surface area contributed by atoms with Crippen LogP contribution in [0.25, 0.3) is 0 Å². The zero-order chi connectivity index (χ0) is 14.2. The maximum absolute atomic E-state index is 5.70. The standard InChI is InChI=1S/C16H19NO3/c1-18-16(11-17)12-19-13-7-9-15(10-8-13)20-14-5-3-2-4-6-14/h2-10,16H,11-12,17H2,1H3. The van der Waals surface area contributed by atoms with Crippen molar-refractivity contribution in [2.24, 2.45) is 5.73 Å². The number of hydrogen-bond donors (Lipinski definition) is 1. The SMILES string of the molecule is COC(CN)COc1ccc(Oc2ccccc2)cc1. The summed E-state index contributed by atoms with van der Waals surface area (Å²) in [7, 11) is 1.62. The molecule has 0 heterocycles. The summed E-state index contributed by atoms with van der Waals surface area (Å²) in [6.45, 7) is 0.873. The predicted molar refractivity (Wildman–Crippen MR) is 78.3 cm³/mol. The normalized spacial score (nSPS) is 11.9. The van der Waals surface area contributed by atoms with Crippen molar-refractivity contribution in [2.45, 2.75) is 6.10 Å². The van der Waals surface area contributed by atoms with Gasteiger partial charge in [0.2, 0.25) is 0 Å². The summed E-state index contributed by atoms with van der Waals surface area (Å²) in [6.07, 6.45) is -0.0877. The van der Waals surface area contributed by atoms with Gasteiger partial charge in [0.25, 0.3) is 0 Å². The first-order chi connectivity index (χ1) is 9.81. The van der Waals surface area contributed by atoms with E-state index in [4.69, 9.17) is 19.9 Å². The molecule has 0 fully saturated rings. The number of ether oxygens (including phenoxy) is 3. The Morgan fingerprint density at radius 1 is 0.900 bits per heavy atom. The summed E-state index contributed by atoms with van der Waals surface area (Å²) in [5.74, 6) is 2.34. The molecule has 0 aliphatic heterocycles. The van der Waals surface area contributed by atoms with Crippen LogP contribution in [0.3, 0.4) is 0 Å². The van der Waals surface area contributed by atoms with Gasteiger partial charge in [0, 0.05) is 13.7 Å². The largest absolute Gasteiger partial charge is 0.491 e. The zero-order valence-electron chi connectivity index (χ0n) is 11.5. The summed E-state index contributed by atoms with van der Waals surface area (Å²) in [5.41, 5.74) is 5.53. The number of rotatable bonds is 7. The Morgan fingerprint density at radius 2 is 1.50 bits per heavy atom. The lowest BCUT2D eigenvalue weighted by Gasteiger charge is -2.14. The van der Waals surface area contributed by atoms with Crippen molar-refractivity contribution in [2.75, 3.05) is 20.3 Å². The van der Waals surface area contributed by atoms with Gasteiger partial charge >= 0.3 is 0 Å². The van der Waals surface area contributed by atoms with Crippen molar-refractivity contribution in [3.8, 4) is 17.2 Å². The summed E-state index contributed by atoms with van der Waals surface area (Å²) >= 11 is 0. The van der Waals surface area contributed by atoms with Crippen molar-refractivity contribution in [3.63, 3.8) is 0 Å². The minimum absolute atomic E-state index is 0.0877. The maximum Gasteiger partial charge on any atom is 0.127 e. The number of hydrogen-bond acceptors (Lipinski definition) is 4. The van der Waals surface area contributed by atoms with Crippen LogP contribution in [-0.2, 0) is 4.74 Å². The molecule has 0 aliphatic carbocycles. The highest BCUT2D eigenvalue weighted by atomic mass is 16.5. The first-order valence-electron chi connectivity index (χ1n) is 6.50. The van der Waals surface area contributed by atoms with E-state index in [0.717, 1.165) is 17.2 Å². The molecule has 106 valence electrons. The van der Waals surface area contributed by atoms with Crippen molar-refractivity contribution < 1.29 is 14.2 Å². The molecule has 2 aromatic rings. The van der Waals surface area contributed by atoms with Crippen LogP contribution in [0.15, 0.2) is 54.6 Å². The molecule has 0 saturated heterocycles. The van der Waals surface area contributed by atoms with E-state index in [1.165, 1.54) is 0 Å². The minimum Gasteiger partial charge on any atom is -0.491 e. The third-order valence-corrected chi connectivity index (χ3v) is 2.83. The van der Waals surface area contributed by atoms with Crippen LogP contribution < -0.4 is 15.2 Å². The Hall–Kier alpha value is -2.04. The number of para-hydroxylation sites is 1. The van der Waals surface area contributed by atoms with Gasteiger partial charge in [-0.05, 0) is 36.4 Å². The molecule has 2 rings (SSSR count). The Bertz CT molecular complexity index is 495. The second kappa shape index (κ2) is 7.53. The van der Waals surface area contributed by atoms with Crippen LogP contribution in [-0.4, -0.2) is 26.4 Å². The zero-order valence-corrected chi connectivity index (χ0v) is 11.5. The smallest absolute Gasteiger partial charge is 0.127 e. The second-order valence-corrected chi connectivity index (χ2v) is 4.29. The molecule has 1 atom stereocenters. The van der Waals surface area contributed by atoms with Crippen LogP contribution in [0.1, 0.15) is 0 Å². The molecule has 0 aromatic heterocycles. The van der Waals surface area contributed by atoms with Crippen molar-refractivity contribution in [1.29, 1.82) is 0 Å². The summed E-state index contributed by atoms with van der Waals surface area (Å²) in [6, 6.07) is 17.1. The van der Waals surface area contributed by atoms with E-state index in [-0.39, 0.29) is 6.10 Å². The van der Waals surface area contributed by atoms with E-state index in [0.29, 0.717) is 13.2 Å². The third kappa shape index (κ3) is 4.26. The van der Waals surface area contributed by atoms with E-state index >= 15 is 0 Å². The molecule has 4 nitrogen and oxygen atoms in total. The Labute approximate surface area is 119 Å². The fraction of sp³-hybridized carbons (Fsp3) is 0.250. The monoisotopic (exact) mass is 273 g/mol. The lowest BCUT2D eigenvalue weighted by atomic mass is 10.3. The maximum atomic E-state index is 5.70. The van der Waals surface area contributed by atoms with Crippen LogP contribution >= 0.6 is 0 Å². The average Bonchev–Trinajstić information content (AvgIpc) is 2.51. The molecule has 0 aliphatic rings. The molecule has 0 amide bonds. The molecule has 20 heavy (non-hydrogen) atoms. The highest BCUT2D eigenvalue weighted by molar-refractivity contribution is 5.35. The lowest BCUT2D eigenvalue weighted by molar-refractivity contribution is 0.0643. The molecule has 4 heteroatoms. The predicted octanol–water partition coefficient (Wildman–Crippen LogP) is 2.83. The lowest BCUT2D eigenvalue weighted by Crippen LogP contribution is -2.28. The third-order valence-electron chi connectivity index (χ3n) is 2.83. The number of nitrogens with two attached hydrogens (primary N) is 1. The Morgan fingerprint density at radius 3 is 2.10 bits per heavy atom. The molecule has 0 saturated carbocycles. The first-order valence-corrected chi connectivity index (χ1v) is 6.50. The van der Waals surface area contributed by atoms with Crippen LogP contribution in [0.2, 0.25) is 0 Å². The van der Waals surface area contributed by atoms with E-state index < -0.39 is 0 Å². The quantitative estimate of drug-likeness (QED) is 0.842. The highest BCUT2D eigenvalue weighted by Gasteiger charge is 2.05. The van der Waals surface area contributed by atoms with Gasteiger partial charge in [-0.25, -0.2) is 0 Å². The van der Waals surface area contributed by atoms with Crippen LogP contribution in [0.5, 0.6) is 17.2 Å². The van der Waals surface area contributed by atoms with Crippen LogP contribution in [0, 0.1) is 0 Å². The fourth-order valence-corrected chi connectivity index (χ4v) is 1.65. The molecule has 2 N–H and O–H groups in total. The Balaban J connectivity index is 1.90.